The van der Waals surface area contributed by atoms with Gasteiger partial charge in [0.1, 0.15) is 0 Å². The molecule has 0 atom stereocenters. The van der Waals surface area contributed by atoms with Crippen LogP contribution < -0.4 is 5.32 Å². The topological polar surface area (TPSA) is 73.0 Å². The van der Waals surface area contributed by atoms with E-state index in [4.69, 9.17) is 0 Å². The Hall–Kier alpha value is -0.700. The normalized spacial score (nSPS) is 22.6. The van der Waals surface area contributed by atoms with Gasteiger partial charge in [0.25, 0.3) is 10.2 Å². The molecule has 2 fully saturated rings. The van der Waals surface area contributed by atoms with Gasteiger partial charge < -0.3 is 10.2 Å². The van der Waals surface area contributed by atoms with Crippen LogP contribution in [0.5, 0.6) is 0 Å². The smallest absolute Gasteiger partial charge is 0.281 e. The summed E-state index contributed by atoms with van der Waals surface area (Å²) in [5, 5.41) is 3.15. The first-order valence-electron chi connectivity index (χ1n) is 6.57. The monoisotopic (exact) mass is 290 g/mol. The third kappa shape index (κ3) is 3.25. The molecule has 0 spiro atoms. The minimum absolute atomic E-state index is 0.147. The lowest BCUT2D eigenvalue weighted by Crippen LogP contribution is -2.54. The number of rotatable bonds is 4. The van der Waals surface area contributed by atoms with Gasteiger partial charge in [0.15, 0.2) is 0 Å². The van der Waals surface area contributed by atoms with E-state index in [1.807, 2.05) is 0 Å². The van der Waals surface area contributed by atoms with Gasteiger partial charge in [-0.3, -0.25) is 4.79 Å². The fraction of sp³-hybridized carbons (Fsp3) is 0.909. The molecule has 0 aromatic carbocycles. The molecule has 2 aliphatic heterocycles. The first-order chi connectivity index (χ1) is 8.91. The summed E-state index contributed by atoms with van der Waals surface area (Å²) in [5.74, 6) is 0.601. The molecular formula is C11H22N4O3S. The highest BCUT2D eigenvalue weighted by atomic mass is 32.2. The quantitative estimate of drug-likeness (QED) is 0.687. The van der Waals surface area contributed by atoms with Crippen LogP contribution in [0.25, 0.3) is 0 Å². The minimum Gasteiger partial charge on any atom is -0.340 e. The van der Waals surface area contributed by atoms with Crippen LogP contribution in [0.2, 0.25) is 0 Å². The van der Waals surface area contributed by atoms with E-state index in [1.165, 1.54) is 22.7 Å². The molecule has 0 bridgehead atoms. The summed E-state index contributed by atoms with van der Waals surface area (Å²) in [6.07, 6.45) is 0.577. The zero-order valence-corrected chi connectivity index (χ0v) is 12.3. The molecule has 110 valence electrons. The molecule has 1 N–H and O–H groups in total. The van der Waals surface area contributed by atoms with Crippen LogP contribution in [-0.2, 0) is 15.0 Å². The molecule has 2 aliphatic rings. The van der Waals surface area contributed by atoms with Crippen LogP contribution in [0.3, 0.4) is 0 Å². The number of carbonyl (C=O) groups is 1. The fourth-order valence-corrected chi connectivity index (χ4v) is 3.35. The summed E-state index contributed by atoms with van der Waals surface area (Å²) < 4.78 is 26.5. The van der Waals surface area contributed by atoms with E-state index in [0.717, 1.165) is 13.1 Å². The Morgan fingerprint density at radius 2 is 1.79 bits per heavy atom. The first kappa shape index (κ1) is 14.7. The molecule has 8 heteroatoms. The molecule has 0 aliphatic carbocycles. The first-order valence-corrected chi connectivity index (χ1v) is 7.97. The maximum Gasteiger partial charge on any atom is 0.281 e. The molecule has 2 saturated heterocycles. The van der Waals surface area contributed by atoms with Crippen LogP contribution in [-0.4, -0.2) is 81.2 Å². The van der Waals surface area contributed by atoms with Gasteiger partial charge in [0.05, 0.1) is 0 Å². The molecule has 0 radical (unpaired) electrons. The number of amides is 1. The summed E-state index contributed by atoms with van der Waals surface area (Å²) >= 11 is 0. The zero-order chi connectivity index (χ0) is 14.0. The maximum absolute atomic E-state index is 12.0. The molecule has 1 amide bonds. The van der Waals surface area contributed by atoms with Crippen molar-refractivity contribution in [3.05, 3.63) is 0 Å². The highest BCUT2D eigenvalue weighted by Crippen LogP contribution is 2.14. The van der Waals surface area contributed by atoms with Crippen LogP contribution in [0.4, 0.5) is 0 Å². The van der Waals surface area contributed by atoms with Crippen molar-refractivity contribution < 1.29 is 13.2 Å². The van der Waals surface area contributed by atoms with Gasteiger partial charge in [-0.1, -0.05) is 0 Å². The van der Waals surface area contributed by atoms with Gasteiger partial charge in [-0.2, -0.15) is 17.0 Å². The number of piperazine rings is 1. The third-order valence-corrected chi connectivity index (χ3v) is 5.65. The molecular weight excluding hydrogens is 268 g/mol. The Balaban J connectivity index is 1.83. The van der Waals surface area contributed by atoms with E-state index in [-0.39, 0.29) is 5.91 Å². The van der Waals surface area contributed by atoms with Crippen molar-refractivity contribution in [2.24, 2.45) is 5.92 Å². The third-order valence-electron chi connectivity index (χ3n) is 3.71. The van der Waals surface area contributed by atoms with E-state index in [2.05, 4.69) is 5.32 Å². The second-order valence-electron chi connectivity index (χ2n) is 5.30. The number of hydrogen-bond donors (Lipinski definition) is 1. The molecule has 2 heterocycles. The summed E-state index contributed by atoms with van der Waals surface area (Å²) in [6, 6.07) is 0. The van der Waals surface area contributed by atoms with Gasteiger partial charge in [-0.05, 0) is 19.0 Å². The molecule has 0 aromatic rings. The standard InChI is InChI=1S/C11H22N4O3S/c1-13(2)19(17,18)15-5-3-14(4-6-15)11(16)7-10-8-12-9-10/h10,12H,3-9H2,1-2H3. The Morgan fingerprint density at radius 1 is 1.21 bits per heavy atom. The molecule has 19 heavy (non-hydrogen) atoms. The van der Waals surface area contributed by atoms with Crippen LogP contribution >= 0.6 is 0 Å². The zero-order valence-electron chi connectivity index (χ0n) is 11.5. The van der Waals surface area contributed by atoms with Crippen LogP contribution in [0, 0.1) is 5.92 Å². The Bertz CT molecular complexity index is 425. The van der Waals surface area contributed by atoms with E-state index in [1.54, 1.807) is 4.90 Å². The van der Waals surface area contributed by atoms with Gasteiger partial charge in [-0.15, -0.1) is 0 Å². The lowest BCUT2D eigenvalue weighted by atomic mass is 9.98. The second kappa shape index (κ2) is 5.74. The Kier molecular flexibility index (Phi) is 4.44. The minimum atomic E-state index is -3.35. The number of carbonyl (C=O) groups excluding carboxylic acids is 1. The molecule has 0 saturated carbocycles. The highest BCUT2D eigenvalue weighted by Gasteiger charge is 2.31. The average Bonchev–Trinajstić information content (AvgIpc) is 2.33. The maximum atomic E-state index is 12.0. The van der Waals surface area contributed by atoms with Crippen molar-refractivity contribution in [1.29, 1.82) is 0 Å². The SMILES string of the molecule is CN(C)S(=O)(=O)N1CCN(C(=O)CC2CNC2)CC1. The Labute approximate surface area is 114 Å². The van der Waals surface area contributed by atoms with E-state index in [0.29, 0.717) is 38.5 Å². The lowest BCUT2D eigenvalue weighted by Gasteiger charge is -2.36. The largest absolute Gasteiger partial charge is 0.340 e. The van der Waals surface area contributed by atoms with Crippen molar-refractivity contribution in [2.45, 2.75) is 6.42 Å². The predicted octanol–water partition coefficient (Wildman–Crippen LogP) is -1.45. The molecule has 7 nitrogen and oxygen atoms in total. The summed E-state index contributed by atoms with van der Waals surface area (Å²) in [7, 11) is -0.298. The van der Waals surface area contributed by atoms with Crippen molar-refractivity contribution in [3.8, 4) is 0 Å². The molecule has 0 unspecified atom stereocenters. The molecule has 0 aromatic heterocycles. The number of hydrogen-bond acceptors (Lipinski definition) is 4. The van der Waals surface area contributed by atoms with E-state index >= 15 is 0 Å². The Morgan fingerprint density at radius 3 is 2.21 bits per heavy atom. The second-order valence-corrected chi connectivity index (χ2v) is 7.44. The van der Waals surface area contributed by atoms with Crippen molar-refractivity contribution in [3.63, 3.8) is 0 Å². The van der Waals surface area contributed by atoms with Crippen LogP contribution in [0.1, 0.15) is 6.42 Å². The molecule has 2 rings (SSSR count). The highest BCUT2D eigenvalue weighted by molar-refractivity contribution is 7.86. The van der Waals surface area contributed by atoms with Gasteiger partial charge in [0.2, 0.25) is 5.91 Å². The van der Waals surface area contributed by atoms with Crippen molar-refractivity contribution in [2.75, 3.05) is 53.4 Å². The van der Waals surface area contributed by atoms with E-state index in [9.17, 15) is 13.2 Å². The van der Waals surface area contributed by atoms with Crippen molar-refractivity contribution in [1.82, 2.24) is 18.8 Å². The summed E-state index contributed by atoms with van der Waals surface area (Å²) in [5.41, 5.74) is 0. The van der Waals surface area contributed by atoms with Gasteiger partial charge >= 0.3 is 0 Å². The van der Waals surface area contributed by atoms with Crippen LogP contribution in [0.15, 0.2) is 0 Å². The fourth-order valence-electron chi connectivity index (χ4n) is 2.27. The summed E-state index contributed by atoms with van der Waals surface area (Å²) in [4.78, 5) is 13.8. The van der Waals surface area contributed by atoms with Gasteiger partial charge in [0, 0.05) is 46.7 Å². The lowest BCUT2D eigenvalue weighted by molar-refractivity contribution is -0.133. The average molecular weight is 290 g/mol. The van der Waals surface area contributed by atoms with Crippen molar-refractivity contribution >= 4 is 16.1 Å². The number of nitrogens with one attached hydrogen (secondary N) is 1. The summed E-state index contributed by atoms with van der Waals surface area (Å²) in [6.45, 7) is 3.59. The predicted molar refractivity (Wildman–Crippen MR) is 71.7 cm³/mol. The van der Waals surface area contributed by atoms with Gasteiger partial charge in [-0.25, -0.2) is 0 Å². The number of nitrogens with zero attached hydrogens (tertiary/aromatic N) is 3. The van der Waals surface area contributed by atoms with E-state index < -0.39 is 10.2 Å².